The lowest BCUT2D eigenvalue weighted by Gasteiger charge is -2.19. The van der Waals surface area contributed by atoms with Crippen LogP contribution >= 0.6 is 23.2 Å². The summed E-state index contributed by atoms with van der Waals surface area (Å²) in [7, 11) is -3.76. The fourth-order valence-corrected chi connectivity index (χ4v) is 4.19. The summed E-state index contributed by atoms with van der Waals surface area (Å²) in [6, 6.07) is 7.53. The zero-order valence-electron chi connectivity index (χ0n) is 14.1. The highest BCUT2D eigenvalue weighted by Crippen LogP contribution is 2.25. The van der Waals surface area contributed by atoms with Crippen LogP contribution in [0.1, 0.15) is 24.2 Å². The molecule has 0 unspecified atom stereocenters. The van der Waals surface area contributed by atoms with Crippen LogP contribution < -0.4 is 5.32 Å². The van der Waals surface area contributed by atoms with Crippen molar-refractivity contribution in [2.24, 2.45) is 0 Å². The van der Waals surface area contributed by atoms with Crippen LogP contribution in [0.25, 0.3) is 0 Å². The van der Waals surface area contributed by atoms with Crippen molar-refractivity contribution in [3.8, 4) is 0 Å². The van der Waals surface area contributed by atoms with Gasteiger partial charge in [0.2, 0.25) is 10.0 Å². The second kappa shape index (κ2) is 8.35. The quantitative estimate of drug-likeness (QED) is 0.754. The Hall–Kier alpha value is -1.67. The number of nitrogens with one attached hydrogen (secondary N) is 1. The van der Waals surface area contributed by atoms with E-state index in [-0.39, 0.29) is 39.3 Å². The van der Waals surface area contributed by atoms with Crippen molar-refractivity contribution in [2.45, 2.75) is 18.7 Å². The highest BCUT2D eigenvalue weighted by Gasteiger charge is 2.24. The van der Waals surface area contributed by atoms with Crippen LogP contribution in [-0.2, 0) is 10.0 Å². The fraction of sp³-hybridized carbons (Fsp3) is 0.235. The summed E-state index contributed by atoms with van der Waals surface area (Å²) < 4.78 is 40.3. The Balaban J connectivity index is 2.41. The van der Waals surface area contributed by atoms with Crippen molar-refractivity contribution in [1.29, 1.82) is 0 Å². The van der Waals surface area contributed by atoms with E-state index in [4.69, 9.17) is 23.2 Å². The van der Waals surface area contributed by atoms with E-state index in [1.807, 2.05) is 0 Å². The van der Waals surface area contributed by atoms with Crippen molar-refractivity contribution >= 4 is 44.8 Å². The van der Waals surface area contributed by atoms with E-state index in [0.717, 1.165) is 6.07 Å². The molecule has 9 heteroatoms. The molecule has 0 spiro atoms. The number of benzene rings is 2. The molecule has 140 valence electrons. The molecule has 0 heterocycles. The monoisotopic (exact) mass is 418 g/mol. The van der Waals surface area contributed by atoms with Crippen LogP contribution in [-0.4, -0.2) is 31.7 Å². The Kier molecular flexibility index (Phi) is 6.63. The Labute approximate surface area is 161 Å². The standard InChI is InChI=1S/C17H17Cl2FN2O3S/c1-3-22(4-2)26(24,25)12-6-7-14(19)13(10-12)17(23)21-16-9-11(18)5-8-15(16)20/h5-10H,3-4H2,1-2H3,(H,21,23). The molecule has 0 bridgehead atoms. The molecular weight excluding hydrogens is 402 g/mol. The van der Waals surface area contributed by atoms with Gasteiger partial charge in [0, 0.05) is 18.1 Å². The maximum atomic E-state index is 13.8. The molecule has 0 aliphatic carbocycles. The largest absolute Gasteiger partial charge is 0.319 e. The van der Waals surface area contributed by atoms with E-state index in [1.54, 1.807) is 13.8 Å². The number of carbonyl (C=O) groups is 1. The van der Waals surface area contributed by atoms with Crippen molar-refractivity contribution < 1.29 is 17.6 Å². The molecule has 0 radical (unpaired) electrons. The van der Waals surface area contributed by atoms with Crippen molar-refractivity contribution in [3.05, 3.63) is 57.8 Å². The van der Waals surface area contributed by atoms with Crippen LogP contribution in [0.15, 0.2) is 41.3 Å². The molecular formula is C17H17Cl2FN2O3S. The number of halogens is 3. The zero-order valence-corrected chi connectivity index (χ0v) is 16.4. The van der Waals surface area contributed by atoms with Gasteiger partial charge in [0.1, 0.15) is 5.82 Å². The van der Waals surface area contributed by atoms with Gasteiger partial charge in [-0.3, -0.25) is 4.79 Å². The Bertz CT molecular complexity index is 932. The number of nitrogens with zero attached hydrogens (tertiary/aromatic N) is 1. The van der Waals surface area contributed by atoms with E-state index in [0.29, 0.717) is 0 Å². The molecule has 0 saturated carbocycles. The minimum Gasteiger partial charge on any atom is -0.319 e. The molecule has 2 rings (SSSR count). The third-order valence-corrected chi connectivity index (χ3v) is 6.31. The molecule has 5 nitrogen and oxygen atoms in total. The number of anilines is 1. The average molecular weight is 419 g/mol. The smallest absolute Gasteiger partial charge is 0.257 e. The van der Waals surface area contributed by atoms with Crippen molar-refractivity contribution in [1.82, 2.24) is 4.31 Å². The molecule has 0 aliphatic rings. The maximum absolute atomic E-state index is 13.8. The predicted molar refractivity (Wildman–Crippen MR) is 101 cm³/mol. The predicted octanol–water partition coefficient (Wildman–Crippen LogP) is 4.42. The van der Waals surface area contributed by atoms with E-state index < -0.39 is 21.7 Å². The first-order chi connectivity index (χ1) is 12.2. The van der Waals surface area contributed by atoms with Gasteiger partial charge in [-0.1, -0.05) is 37.0 Å². The molecule has 0 atom stereocenters. The second-order valence-electron chi connectivity index (χ2n) is 5.31. The lowest BCUT2D eigenvalue weighted by molar-refractivity contribution is 0.102. The molecule has 1 N–H and O–H groups in total. The second-order valence-corrected chi connectivity index (χ2v) is 8.09. The first-order valence-electron chi connectivity index (χ1n) is 7.76. The molecule has 0 aliphatic heterocycles. The molecule has 2 aromatic carbocycles. The minimum absolute atomic E-state index is 0.0448. The normalized spacial score (nSPS) is 11.6. The molecule has 0 aromatic heterocycles. The summed E-state index contributed by atoms with van der Waals surface area (Å²) in [5, 5.41) is 2.64. The van der Waals surface area contributed by atoms with E-state index in [9.17, 15) is 17.6 Å². The van der Waals surface area contributed by atoms with Crippen molar-refractivity contribution in [2.75, 3.05) is 18.4 Å². The Morgan fingerprint density at radius 3 is 2.38 bits per heavy atom. The molecule has 26 heavy (non-hydrogen) atoms. The zero-order chi connectivity index (χ0) is 19.5. The molecule has 0 fully saturated rings. The van der Waals surface area contributed by atoms with Crippen molar-refractivity contribution in [3.63, 3.8) is 0 Å². The first-order valence-corrected chi connectivity index (χ1v) is 9.96. The number of rotatable bonds is 6. The first kappa shape index (κ1) is 20.6. The number of carbonyl (C=O) groups excluding carboxylic acids is 1. The van der Waals surface area contributed by atoms with Crippen LogP contribution in [0.5, 0.6) is 0 Å². The third-order valence-electron chi connectivity index (χ3n) is 3.70. The number of amides is 1. The SMILES string of the molecule is CCN(CC)S(=O)(=O)c1ccc(Cl)c(C(=O)Nc2cc(Cl)ccc2F)c1. The number of hydrogen-bond donors (Lipinski definition) is 1. The Morgan fingerprint density at radius 2 is 1.77 bits per heavy atom. The van der Waals surface area contributed by atoms with Gasteiger partial charge in [0.25, 0.3) is 5.91 Å². The van der Waals surface area contributed by atoms with Gasteiger partial charge in [-0.05, 0) is 36.4 Å². The Morgan fingerprint density at radius 1 is 1.12 bits per heavy atom. The van der Waals surface area contributed by atoms with Gasteiger partial charge in [-0.15, -0.1) is 0 Å². The highest BCUT2D eigenvalue weighted by molar-refractivity contribution is 7.89. The topological polar surface area (TPSA) is 66.5 Å². The highest BCUT2D eigenvalue weighted by atomic mass is 35.5. The molecule has 0 saturated heterocycles. The lowest BCUT2D eigenvalue weighted by atomic mass is 10.2. The van der Waals surface area contributed by atoms with Crippen LogP contribution in [0, 0.1) is 5.82 Å². The lowest BCUT2D eigenvalue weighted by Crippen LogP contribution is -2.30. The maximum Gasteiger partial charge on any atom is 0.257 e. The summed E-state index contributed by atoms with van der Waals surface area (Å²) in [5.41, 5.74) is -0.213. The third kappa shape index (κ3) is 4.35. The summed E-state index contributed by atoms with van der Waals surface area (Å²) in [6.45, 7) is 4.01. The number of sulfonamides is 1. The van der Waals surface area contributed by atoms with Gasteiger partial charge < -0.3 is 5.32 Å². The summed E-state index contributed by atoms with van der Waals surface area (Å²) >= 11 is 11.8. The van der Waals surface area contributed by atoms with Gasteiger partial charge in [0.05, 0.1) is 21.2 Å². The molecule has 1 amide bonds. The average Bonchev–Trinajstić information content (AvgIpc) is 2.59. The van der Waals surface area contributed by atoms with Crippen LogP contribution in [0.3, 0.4) is 0 Å². The van der Waals surface area contributed by atoms with Crippen LogP contribution in [0.4, 0.5) is 10.1 Å². The van der Waals surface area contributed by atoms with Crippen LogP contribution in [0.2, 0.25) is 10.0 Å². The summed E-state index contributed by atoms with van der Waals surface area (Å²) in [4.78, 5) is 12.4. The van der Waals surface area contributed by atoms with Gasteiger partial charge in [-0.25, -0.2) is 12.8 Å². The van der Waals surface area contributed by atoms with Gasteiger partial charge >= 0.3 is 0 Å². The summed E-state index contributed by atoms with van der Waals surface area (Å²) in [5.74, 6) is -1.42. The van der Waals surface area contributed by atoms with E-state index in [2.05, 4.69) is 5.32 Å². The number of hydrogen-bond acceptors (Lipinski definition) is 3. The van der Waals surface area contributed by atoms with Gasteiger partial charge in [0.15, 0.2) is 0 Å². The van der Waals surface area contributed by atoms with E-state index >= 15 is 0 Å². The van der Waals surface area contributed by atoms with E-state index in [1.165, 1.54) is 34.6 Å². The van der Waals surface area contributed by atoms with Gasteiger partial charge in [-0.2, -0.15) is 4.31 Å². The molecule has 2 aromatic rings. The minimum atomic E-state index is -3.76. The summed E-state index contributed by atoms with van der Waals surface area (Å²) in [6.07, 6.45) is 0. The fourth-order valence-electron chi connectivity index (χ4n) is 2.33.